The highest BCUT2D eigenvalue weighted by Gasteiger charge is 2.23. The Kier molecular flexibility index (Phi) is 5.33. The van der Waals surface area contributed by atoms with Crippen molar-refractivity contribution in [3.05, 3.63) is 18.1 Å². The maximum absolute atomic E-state index is 5.45. The lowest BCUT2D eigenvalue weighted by Gasteiger charge is -2.22. The van der Waals surface area contributed by atoms with Crippen molar-refractivity contribution in [3.63, 3.8) is 0 Å². The van der Waals surface area contributed by atoms with E-state index in [0.29, 0.717) is 17.9 Å². The lowest BCUT2D eigenvalue weighted by Crippen LogP contribution is -2.31. The summed E-state index contributed by atoms with van der Waals surface area (Å²) < 4.78 is 7.49. The van der Waals surface area contributed by atoms with E-state index >= 15 is 0 Å². The predicted molar refractivity (Wildman–Crippen MR) is 89.7 cm³/mol. The molecule has 7 heteroatoms. The van der Waals surface area contributed by atoms with Crippen molar-refractivity contribution in [2.45, 2.75) is 56.9 Å². The maximum atomic E-state index is 5.45. The summed E-state index contributed by atoms with van der Waals surface area (Å²) in [5, 5.41) is 12.3. The van der Waals surface area contributed by atoms with E-state index in [-0.39, 0.29) is 12.4 Å². The molecule has 1 N–H and O–H groups in total. The van der Waals surface area contributed by atoms with Gasteiger partial charge in [-0.05, 0) is 38.3 Å². The first-order chi connectivity index (χ1) is 10.9. The van der Waals surface area contributed by atoms with Crippen LogP contribution in [-0.4, -0.2) is 33.0 Å². The number of nitrogens with one attached hydrogen (secondary N) is 1. The number of hydrogen-bond donors (Lipinski definition) is 1. The third kappa shape index (κ3) is 3.58. The van der Waals surface area contributed by atoms with Gasteiger partial charge >= 0.3 is 0 Å². The molecule has 1 saturated carbocycles. The molecule has 4 rings (SSSR count). The number of aromatic nitrogens is 4. The second kappa shape index (κ2) is 7.45. The third-order valence-electron chi connectivity index (χ3n) is 4.88. The Morgan fingerprint density at radius 3 is 2.78 bits per heavy atom. The first kappa shape index (κ1) is 16.5. The molecule has 2 fully saturated rings. The molecule has 23 heavy (non-hydrogen) atoms. The molecule has 1 saturated heterocycles. The Labute approximate surface area is 142 Å². The topological polar surface area (TPSA) is 68.8 Å². The summed E-state index contributed by atoms with van der Waals surface area (Å²) in [7, 11) is 0. The van der Waals surface area contributed by atoms with E-state index in [2.05, 4.69) is 20.6 Å². The van der Waals surface area contributed by atoms with Crippen molar-refractivity contribution in [1.82, 2.24) is 25.2 Å². The van der Waals surface area contributed by atoms with E-state index in [4.69, 9.17) is 4.52 Å². The molecule has 0 aromatic carbocycles. The average Bonchev–Trinajstić information content (AvgIpc) is 3.26. The van der Waals surface area contributed by atoms with Crippen molar-refractivity contribution in [2.75, 3.05) is 13.1 Å². The highest BCUT2D eigenvalue weighted by molar-refractivity contribution is 5.85. The van der Waals surface area contributed by atoms with Gasteiger partial charge in [-0.25, -0.2) is 0 Å². The van der Waals surface area contributed by atoms with Crippen molar-refractivity contribution in [1.29, 1.82) is 0 Å². The molecule has 1 unspecified atom stereocenters. The third-order valence-corrected chi connectivity index (χ3v) is 4.88. The van der Waals surface area contributed by atoms with Gasteiger partial charge in [0.1, 0.15) is 0 Å². The van der Waals surface area contributed by atoms with Gasteiger partial charge in [0.25, 0.3) is 5.89 Å². The SMILES string of the molecule is Cl.c1cn(C2CCCNC2)nc1-c1nc(C2CCCCC2)no1. The monoisotopic (exact) mass is 337 g/mol. The molecule has 2 aromatic heterocycles. The minimum Gasteiger partial charge on any atom is -0.332 e. The summed E-state index contributed by atoms with van der Waals surface area (Å²) in [6.07, 6.45) is 10.6. The number of rotatable bonds is 3. The zero-order chi connectivity index (χ0) is 14.8. The molecule has 126 valence electrons. The second-order valence-corrected chi connectivity index (χ2v) is 6.47. The smallest absolute Gasteiger partial charge is 0.278 e. The van der Waals surface area contributed by atoms with Gasteiger partial charge in [0.05, 0.1) is 6.04 Å². The van der Waals surface area contributed by atoms with E-state index in [1.807, 2.05) is 16.9 Å². The summed E-state index contributed by atoms with van der Waals surface area (Å²) >= 11 is 0. The zero-order valence-electron chi connectivity index (χ0n) is 13.3. The second-order valence-electron chi connectivity index (χ2n) is 6.47. The van der Waals surface area contributed by atoms with Crippen LogP contribution in [0.15, 0.2) is 16.8 Å². The van der Waals surface area contributed by atoms with Gasteiger partial charge in [-0.1, -0.05) is 24.4 Å². The predicted octanol–water partition coefficient (Wildman–Crippen LogP) is 3.33. The molecular formula is C16H24ClN5O. The van der Waals surface area contributed by atoms with Crippen LogP contribution in [0.4, 0.5) is 0 Å². The summed E-state index contributed by atoms with van der Waals surface area (Å²) in [4.78, 5) is 4.59. The van der Waals surface area contributed by atoms with Crippen molar-refractivity contribution < 1.29 is 4.52 Å². The molecule has 3 heterocycles. The molecule has 0 spiro atoms. The average molecular weight is 338 g/mol. The highest BCUT2D eigenvalue weighted by atomic mass is 35.5. The molecule has 2 aliphatic rings. The Bertz CT molecular complexity index is 559. The molecule has 0 amide bonds. The minimum atomic E-state index is 0. The van der Waals surface area contributed by atoms with Crippen LogP contribution in [0, 0.1) is 0 Å². The number of nitrogens with zero attached hydrogens (tertiary/aromatic N) is 4. The molecular weight excluding hydrogens is 314 g/mol. The van der Waals surface area contributed by atoms with Crippen LogP contribution in [0.25, 0.3) is 11.6 Å². The summed E-state index contributed by atoms with van der Waals surface area (Å²) in [5.41, 5.74) is 0.792. The van der Waals surface area contributed by atoms with Gasteiger partial charge in [0.2, 0.25) is 0 Å². The first-order valence-corrected chi connectivity index (χ1v) is 8.50. The van der Waals surface area contributed by atoms with Crippen LogP contribution in [0.5, 0.6) is 0 Å². The van der Waals surface area contributed by atoms with Crippen LogP contribution in [-0.2, 0) is 0 Å². The van der Waals surface area contributed by atoms with Gasteiger partial charge < -0.3 is 9.84 Å². The van der Waals surface area contributed by atoms with E-state index < -0.39 is 0 Å². The number of hydrogen-bond acceptors (Lipinski definition) is 5. The normalized spacial score (nSPS) is 22.7. The molecule has 0 bridgehead atoms. The van der Waals surface area contributed by atoms with Crippen LogP contribution in [0.3, 0.4) is 0 Å². The molecule has 1 aliphatic heterocycles. The van der Waals surface area contributed by atoms with Crippen molar-refractivity contribution in [3.8, 4) is 11.6 Å². The number of piperidine rings is 1. The first-order valence-electron chi connectivity index (χ1n) is 8.50. The fraction of sp³-hybridized carbons (Fsp3) is 0.688. The largest absolute Gasteiger partial charge is 0.332 e. The Morgan fingerprint density at radius 2 is 2.00 bits per heavy atom. The highest BCUT2D eigenvalue weighted by Crippen LogP contribution is 2.31. The lowest BCUT2D eigenvalue weighted by molar-refractivity contribution is 0.346. The van der Waals surface area contributed by atoms with Gasteiger partial charge in [-0.2, -0.15) is 10.1 Å². The summed E-state index contributed by atoms with van der Waals surface area (Å²) in [5.74, 6) is 1.89. The van der Waals surface area contributed by atoms with E-state index in [1.54, 1.807) is 0 Å². The van der Waals surface area contributed by atoms with Gasteiger partial charge in [0.15, 0.2) is 11.5 Å². The van der Waals surface area contributed by atoms with Gasteiger partial charge in [-0.3, -0.25) is 4.68 Å². The van der Waals surface area contributed by atoms with Crippen molar-refractivity contribution >= 4 is 12.4 Å². The van der Waals surface area contributed by atoms with Crippen LogP contribution in [0.2, 0.25) is 0 Å². The molecule has 0 radical (unpaired) electrons. The van der Waals surface area contributed by atoms with E-state index in [1.165, 1.54) is 44.9 Å². The Morgan fingerprint density at radius 1 is 1.13 bits per heavy atom. The van der Waals surface area contributed by atoms with Gasteiger partial charge in [-0.15, -0.1) is 12.4 Å². The van der Waals surface area contributed by atoms with Crippen LogP contribution < -0.4 is 5.32 Å². The Hall–Kier alpha value is -1.40. The fourth-order valence-electron chi connectivity index (χ4n) is 3.58. The molecule has 2 aromatic rings. The van der Waals surface area contributed by atoms with Crippen LogP contribution in [0.1, 0.15) is 62.7 Å². The quantitative estimate of drug-likeness (QED) is 0.930. The summed E-state index contributed by atoms with van der Waals surface area (Å²) in [6.45, 7) is 2.09. The molecule has 6 nitrogen and oxygen atoms in total. The zero-order valence-corrected chi connectivity index (χ0v) is 14.1. The number of halogens is 1. The van der Waals surface area contributed by atoms with Crippen LogP contribution >= 0.6 is 12.4 Å². The lowest BCUT2D eigenvalue weighted by atomic mass is 9.89. The fourth-order valence-corrected chi connectivity index (χ4v) is 3.58. The summed E-state index contributed by atoms with van der Waals surface area (Å²) in [6, 6.07) is 2.41. The standard InChI is InChI=1S/C16H23N5O.ClH/c1-2-5-12(6-3-1)15-18-16(22-20-15)14-8-10-21(19-14)13-7-4-9-17-11-13;/h8,10,12-13,17H,1-7,9,11H2;1H. The Balaban J connectivity index is 0.00000156. The van der Waals surface area contributed by atoms with E-state index in [9.17, 15) is 0 Å². The minimum absolute atomic E-state index is 0. The van der Waals surface area contributed by atoms with Crippen molar-refractivity contribution in [2.24, 2.45) is 0 Å². The maximum Gasteiger partial charge on any atom is 0.278 e. The molecule has 1 aliphatic carbocycles. The van der Waals surface area contributed by atoms with Gasteiger partial charge in [0, 0.05) is 18.7 Å². The van der Waals surface area contributed by atoms with E-state index in [0.717, 1.165) is 24.6 Å². The molecule has 1 atom stereocenters.